The van der Waals surface area contributed by atoms with Gasteiger partial charge in [-0.1, -0.05) is 18.2 Å². The maximum atomic E-state index is 13.2. The minimum Gasteiger partial charge on any atom is -0.352 e. The van der Waals surface area contributed by atoms with Crippen LogP contribution in [0.4, 0.5) is 11.4 Å². The van der Waals surface area contributed by atoms with Crippen LogP contribution in [0.1, 0.15) is 13.8 Å². The molecular formula is C21H29N5O3. The van der Waals surface area contributed by atoms with E-state index < -0.39 is 5.54 Å². The molecule has 2 heterocycles. The van der Waals surface area contributed by atoms with Crippen molar-refractivity contribution in [3.8, 4) is 0 Å². The van der Waals surface area contributed by atoms with Gasteiger partial charge in [-0.15, -0.1) is 6.58 Å². The second-order valence-corrected chi connectivity index (χ2v) is 7.90. The molecule has 156 valence electrons. The van der Waals surface area contributed by atoms with Crippen molar-refractivity contribution in [2.45, 2.75) is 19.4 Å². The second kappa shape index (κ2) is 8.75. The molecule has 8 nitrogen and oxygen atoms in total. The Morgan fingerprint density at radius 3 is 2.41 bits per heavy atom. The van der Waals surface area contributed by atoms with Crippen molar-refractivity contribution in [3.05, 3.63) is 36.9 Å². The maximum Gasteiger partial charge on any atom is 0.250 e. The molecule has 3 rings (SSSR count). The SMILES string of the molecule is C=CCNC(=O)CN1CCN(CC(=O)N2c3ccccc3NC(=O)C2(C)C)CC1. The summed E-state index contributed by atoms with van der Waals surface area (Å²) in [6.45, 7) is 11.0. The molecule has 0 atom stereocenters. The lowest BCUT2D eigenvalue weighted by atomic mass is 9.96. The third-order valence-electron chi connectivity index (χ3n) is 5.39. The van der Waals surface area contributed by atoms with Gasteiger partial charge in [0.05, 0.1) is 24.5 Å². The molecule has 0 saturated carbocycles. The summed E-state index contributed by atoms with van der Waals surface area (Å²) >= 11 is 0. The Morgan fingerprint density at radius 1 is 1.14 bits per heavy atom. The molecule has 8 heteroatoms. The van der Waals surface area contributed by atoms with E-state index >= 15 is 0 Å². The van der Waals surface area contributed by atoms with Crippen LogP contribution >= 0.6 is 0 Å². The molecule has 0 aromatic heterocycles. The number of para-hydroxylation sites is 2. The van der Waals surface area contributed by atoms with Crippen LogP contribution in [0.15, 0.2) is 36.9 Å². The van der Waals surface area contributed by atoms with Crippen LogP contribution in [-0.2, 0) is 14.4 Å². The zero-order valence-corrected chi connectivity index (χ0v) is 17.1. The molecular weight excluding hydrogens is 370 g/mol. The van der Waals surface area contributed by atoms with Crippen LogP contribution in [0.3, 0.4) is 0 Å². The number of fused-ring (bicyclic) bond motifs is 1. The highest BCUT2D eigenvalue weighted by molar-refractivity contribution is 6.14. The number of amides is 3. The predicted octanol–water partition coefficient (Wildman–Crippen LogP) is 0.670. The minimum absolute atomic E-state index is 0.0212. The molecule has 1 aromatic carbocycles. The van der Waals surface area contributed by atoms with Crippen molar-refractivity contribution in [2.75, 3.05) is 56.0 Å². The van der Waals surface area contributed by atoms with Gasteiger partial charge in [0.15, 0.2) is 0 Å². The first-order valence-electron chi connectivity index (χ1n) is 9.89. The van der Waals surface area contributed by atoms with Crippen LogP contribution in [0.2, 0.25) is 0 Å². The lowest BCUT2D eigenvalue weighted by Gasteiger charge is -2.43. The average Bonchev–Trinajstić information content (AvgIpc) is 2.68. The van der Waals surface area contributed by atoms with Crippen molar-refractivity contribution in [3.63, 3.8) is 0 Å². The Kier molecular flexibility index (Phi) is 6.34. The van der Waals surface area contributed by atoms with Crippen LogP contribution in [0.25, 0.3) is 0 Å². The topological polar surface area (TPSA) is 85.0 Å². The molecule has 1 aromatic rings. The Morgan fingerprint density at radius 2 is 1.76 bits per heavy atom. The van der Waals surface area contributed by atoms with Gasteiger partial charge in [-0.25, -0.2) is 0 Å². The van der Waals surface area contributed by atoms with Crippen molar-refractivity contribution in [2.24, 2.45) is 0 Å². The number of carbonyl (C=O) groups excluding carboxylic acids is 3. The quantitative estimate of drug-likeness (QED) is 0.687. The third kappa shape index (κ3) is 4.65. The highest BCUT2D eigenvalue weighted by Crippen LogP contribution is 2.36. The van der Waals surface area contributed by atoms with E-state index in [1.54, 1.807) is 30.9 Å². The number of carbonyl (C=O) groups is 3. The molecule has 1 saturated heterocycles. The van der Waals surface area contributed by atoms with Crippen LogP contribution in [-0.4, -0.2) is 78.9 Å². The van der Waals surface area contributed by atoms with Gasteiger partial charge < -0.3 is 10.6 Å². The van der Waals surface area contributed by atoms with E-state index in [1.165, 1.54) is 0 Å². The summed E-state index contributed by atoms with van der Waals surface area (Å²) < 4.78 is 0. The molecule has 0 radical (unpaired) electrons. The largest absolute Gasteiger partial charge is 0.352 e. The van der Waals surface area contributed by atoms with E-state index in [1.807, 2.05) is 18.2 Å². The zero-order valence-electron chi connectivity index (χ0n) is 17.1. The van der Waals surface area contributed by atoms with Crippen molar-refractivity contribution in [1.82, 2.24) is 15.1 Å². The van der Waals surface area contributed by atoms with Crippen LogP contribution in [0, 0.1) is 0 Å². The molecule has 0 aliphatic carbocycles. The van der Waals surface area contributed by atoms with Gasteiger partial charge in [0.2, 0.25) is 17.7 Å². The molecule has 2 aliphatic rings. The number of hydrogen-bond acceptors (Lipinski definition) is 5. The monoisotopic (exact) mass is 399 g/mol. The Bertz CT molecular complexity index is 799. The van der Waals surface area contributed by atoms with Gasteiger partial charge in [-0.2, -0.15) is 0 Å². The summed E-state index contributed by atoms with van der Waals surface area (Å²) in [5.74, 6) is -0.318. The van der Waals surface area contributed by atoms with E-state index in [0.29, 0.717) is 31.9 Å². The normalized spacial score (nSPS) is 19.2. The molecule has 2 N–H and O–H groups in total. The molecule has 0 bridgehead atoms. The molecule has 2 aliphatic heterocycles. The van der Waals surface area contributed by atoms with E-state index in [9.17, 15) is 14.4 Å². The highest BCUT2D eigenvalue weighted by Gasteiger charge is 2.43. The van der Waals surface area contributed by atoms with E-state index in [0.717, 1.165) is 18.8 Å². The number of benzene rings is 1. The van der Waals surface area contributed by atoms with E-state index in [2.05, 4.69) is 27.0 Å². The van der Waals surface area contributed by atoms with Crippen molar-refractivity contribution in [1.29, 1.82) is 0 Å². The van der Waals surface area contributed by atoms with Gasteiger partial charge in [0.1, 0.15) is 5.54 Å². The summed E-state index contributed by atoms with van der Waals surface area (Å²) in [6, 6.07) is 7.36. The molecule has 0 spiro atoms. The Balaban J connectivity index is 1.60. The first-order valence-corrected chi connectivity index (χ1v) is 9.89. The fourth-order valence-corrected chi connectivity index (χ4v) is 3.71. The van der Waals surface area contributed by atoms with Gasteiger partial charge in [0.25, 0.3) is 0 Å². The number of anilines is 2. The standard InChI is InChI=1S/C21H29N5O3/c1-4-9-22-18(27)14-24-10-12-25(13-11-24)15-19(28)26-17-8-6-5-7-16(17)23-20(29)21(26,2)3/h4-8H,1,9-15H2,2-3H3,(H,22,27)(H,23,29). The average molecular weight is 399 g/mol. The van der Waals surface area contributed by atoms with Crippen molar-refractivity contribution < 1.29 is 14.4 Å². The summed E-state index contributed by atoms with van der Waals surface area (Å²) in [7, 11) is 0. The van der Waals surface area contributed by atoms with Gasteiger partial charge in [0, 0.05) is 32.7 Å². The predicted molar refractivity (Wildman–Crippen MR) is 113 cm³/mol. The molecule has 29 heavy (non-hydrogen) atoms. The summed E-state index contributed by atoms with van der Waals surface area (Å²) in [4.78, 5) is 43.3. The number of piperazine rings is 1. The Hall–Kier alpha value is -2.71. The number of rotatable bonds is 6. The number of nitrogens with zero attached hydrogens (tertiary/aromatic N) is 3. The fraction of sp³-hybridized carbons (Fsp3) is 0.476. The molecule has 1 fully saturated rings. The minimum atomic E-state index is -0.962. The number of nitrogens with one attached hydrogen (secondary N) is 2. The first-order chi connectivity index (χ1) is 13.8. The Labute approximate surface area is 171 Å². The number of hydrogen-bond donors (Lipinski definition) is 2. The lowest BCUT2D eigenvalue weighted by Crippen LogP contribution is -2.61. The maximum absolute atomic E-state index is 13.2. The van der Waals surface area contributed by atoms with Crippen LogP contribution in [0.5, 0.6) is 0 Å². The van der Waals surface area contributed by atoms with E-state index in [-0.39, 0.29) is 24.3 Å². The van der Waals surface area contributed by atoms with Gasteiger partial charge in [-0.05, 0) is 26.0 Å². The van der Waals surface area contributed by atoms with Crippen LogP contribution < -0.4 is 15.5 Å². The highest BCUT2D eigenvalue weighted by atomic mass is 16.2. The lowest BCUT2D eigenvalue weighted by molar-refractivity contribution is -0.127. The smallest absolute Gasteiger partial charge is 0.250 e. The summed E-state index contributed by atoms with van der Waals surface area (Å²) in [5, 5.41) is 5.66. The van der Waals surface area contributed by atoms with E-state index in [4.69, 9.17) is 0 Å². The summed E-state index contributed by atoms with van der Waals surface area (Å²) in [5.41, 5.74) is 0.413. The zero-order chi connectivity index (χ0) is 21.0. The third-order valence-corrected chi connectivity index (χ3v) is 5.39. The first kappa shape index (κ1) is 21.0. The van der Waals surface area contributed by atoms with Crippen molar-refractivity contribution >= 4 is 29.1 Å². The molecule has 0 unspecified atom stereocenters. The second-order valence-electron chi connectivity index (χ2n) is 7.90. The summed E-state index contributed by atoms with van der Waals surface area (Å²) in [6.07, 6.45) is 1.65. The molecule has 3 amide bonds. The van der Waals surface area contributed by atoms with Gasteiger partial charge >= 0.3 is 0 Å². The van der Waals surface area contributed by atoms with Gasteiger partial charge in [-0.3, -0.25) is 29.1 Å². The fourth-order valence-electron chi connectivity index (χ4n) is 3.71.